The highest BCUT2D eigenvalue weighted by atomic mass is 16.7. The molecule has 2 heterocycles. The van der Waals surface area contributed by atoms with Crippen LogP contribution in [0, 0.1) is 0 Å². The van der Waals surface area contributed by atoms with Crippen LogP contribution in [0.25, 0.3) is 0 Å². The Morgan fingerprint density at radius 2 is 1.80 bits per heavy atom. The monoisotopic (exact) mass is 282 g/mol. The molecule has 2 aliphatic heterocycles. The molecule has 2 rings (SSSR count). The Labute approximate surface area is 117 Å². The van der Waals surface area contributed by atoms with E-state index >= 15 is 0 Å². The van der Waals surface area contributed by atoms with Crippen LogP contribution in [-0.2, 0) is 19.0 Å². The first-order valence-electron chi connectivity index (χ1n) is 6.39. The Bertz CT molecular complexity index is 463. The number of nitrogens with zero attached hydrogens (tertiary/aromatic N) is 2. The smallest absolute Gasteiger partial charge is 0.410 e. The van der Waals surface area contributed by atoms with Gasteiger partial charge in [-0.05, 0) is 13.5 Å². The van der Waals surface area contributed by atoms with Gasteiger partial charge in [-0.1, -0.05) is 0 Å². The van der Waals surface area contributed by atoms with Gasteiger partial charge in [-0.3, -0.25) is 4.79 Å². The summed E-state index contributed by atoms with van der Waals surface area (Å²) in [7, 11) is 0. The molecule has 0 atom stereocenters. The van der Waals surface area contributed by atoms with Crippen molar-refractivity contribution >= 4 is 12.0 Å². The second-order valence-electron chi connectivity index (χ2n) is 4.60. The molecular formula is C13H18N2O5. The first-order chi connectivity index (χ1) is 9.47. The van der Waals surface area contributed by atoms with Crippen molar-refractivity contribution in [2.24, 2.45) is 0 Å². The minimum absolute atomic E-state index is 0.0105. The normalized spacial score (nSPS) is 18.8. The van der Waals surface area contributed by atoms with Crippen molar-refractivity contribution in [2.45, 2.75) is 13.8 Å². The highest BCUT2D eigenvalue weighted by molar-refractivity contribution is 5.74. The molecule has 7 nitrogen and oxygen atoms in total. The highest BCUT2D eigenvalue weighted by Crippen LogP contribution is 2.23. The predicted octanol–water partition coefficient (Wildman–Crippen LogP) is 1.04. The van der Waals surface area contributed by atoms with Crippen LogP contribution in [0.5, 0.6) is 0 Å². The fourth-order valence-electron chi connectivity index (χ4n) is 2.01. The fraction of sp³-hybridized carbons (Fsp3) is 0.538. The minimum Gasteiger partial charge on any atom is -0.441 e. The Balaban J connectivity index is 1.78. The molecule has 0 radical (unpaired) electrons. The van der Waals surface area contributed by atoms with E-state index in [2.05, 4.69) is 6.58 Å². The van der Waals surface area contributed by atoms with Gasteiger partial charge in [0.05, 0.1) is 0 Å². The lowest BCUT2D eigenvalue weighted by Crippen LogP contribution is -2.50. The summed E-state index contributed by atoms with van der Waals surface area (Å²) in [5.41, 5.74) is 0. The summed E-state index contributed by atoms with van der Waals surface area (Å²) >= 11 is 0. The lowest BCUT2D eigenvalue weighted by Gasteiger charge is -2.33. The molecule has 0 aliphatic carbocycles. The summed E-state index contributed by atoms with van der Waals surface area (Å²) in [4.78, 5) is 26.3. The van der Waals surface area contributed by atoms with E-state index in [4.69, 9.17) is 14.2 Å². The maximum atomic E-state index is 11.9. The third-order valence-corrected chi connectivity index (χ3v) is 3.21. The zero-order valence-corrected chi connectivity index (χ0v) is 11.7. The molecule has 7 heteroatoms. The minimum atomic E-state index is -0.422. The van der Waals surface area contributed by atoms with Crippen molar-refractivity contribution in [2.75, 3.05) is 32.8 Å². The molecule has 2 aliphatic rings. The van der Waals surface area contributed by atoms with Crippen LogP contribution in [0.1, 0.15) is 13.8 Å². The van der Waals surface area contributed by atoms with Crippen molar-refractivity contribution in [1.82, 2.24) is 9.80 Å². The summed E-state index contributed by atoms with van der Waals surface area (Å²) in [6.07, 6.45) is -0.422. The average Bonchev–Trinajstić information content (AvgIpc) is 2.74. The van der Waals surface area contributed by atoms with Gasteiger partial charge < -0.3 is 24.0 Å². The van der Waals surface area contributed by atoms with Crippen LogP contribution < -0.4 is 0 Å². The van der Waals surface area contributed by atoms with Gasteiger partial charge in [0, 0.05) is 33.1 Å². The number of hydrogen-bond donors (Lipinski definition) is 0. The van der Waals surface area contributed by atoms with E-state index in [0.717, 1.165) is 0 Å². The van der Waals surface area contributed by atoms with Gasteiger partial charge in [0.15, 0.2) is 12.4 Å². The quantitative estimate of drug-likeness (QED) is 0.757. The predicted molar refractivity (Wildman–Crippen MR) is 69.2 cm³/mol. The van der Waals surface area contributed by atoms with E-state index in [0.29, 0.717) is 37.7 Å². The second kappa shape index (κ2) is 5.85. The number of hydrogen-bond acceptors (Lipinski definition) is 5. The SMILES string of the molecule is C=C1OC(C)=C(COC(=O)N2CCN(C(C)=O)CC2)O1. The van der Waals surface area contributed by atoms with Crippen molar-refractivity contribution in [3.05, 3.63) is 24.0 Å². The molecule has 0 bridgehead atoms. The van der Waals surface area contributed by atoms with Crippen LogP contribution in [0.3, 0.4) is 0 Å². The fourth-order valence-corrected chi connectivity index (χ4v) is 2.01. The van der Waals surface area contributed by atoms with E-state index in [1.807, 2.05) is 0 Å². The van der Waals surface area contributed by atoms with Crippen LogP contribution in [0.15, 0.2) is 24.0 Å². The largest absolute Gasteiger partial charge is 0.441 e. The first kappa shape index (κ1) is 14.2. The van der Waals surface area contributed by atoms with Gasteiger partial charge in [-0.2, -0.15) is 0 Å². The molecule has 0 aromatic carbocycles. The van der Waals surface area contributed by atoms with Crippen molar-refractivity contribution in [3.63, 3.8) is 0 Å². The molecular weight excluding hydrogens is 264 g/mol. The van der Waals surface area contributed by atoms with Gasteiger partial charge in [0.25, 0.3) is 5.95 Å². The summed E-state index contributed by atoms with van der Waals surface area (Å²) in [6.45, 7) is 8.78. The zero-order valence-electron chi connectivity index (χ0n) is 11.7. The second-order valence-corrected chi connectivity index (χ2v) is 4.60. The first-order valence-corrected chi connectivity index (χ1v) is 6.39. The van der Waals surface area contributed by atoms with Crippen molar-refractivity contribution in [1.29, 1.82) is 0 Å². The van der Waals surface area contributed by atoms with Crippen LogP contribution in [0.4, 0.5) is 4.79 Å². The van der Waals surface area contributed by atoms with Crippen molar-refractivity contribution in [3.8, 4) is 0 Å². The van der Waals surface area contributed by atoms with E-state index in [-0.39, 0.29) is 18.5 Å². The third kappa shape index (κ3) is 3.23. The standard InChI is InChI=1S/C13H18N2O5/c1-9-12(20-11(3)19-9)8-18-13(17)15-6-4-14(5-7-15)10(2)16/h3-8H2,1-2H3. The number of carbonyl (C=O) groups excluding carboxylic acids is 2. The number of ether oxygens (including phenoxy) is 3. The Kier molecular flexibility index (Phi) is 4.16. The zero-order chi connectivity index (χ0) is 14.7. The van der Waals surface area contributed by atoms with Crippen molar-refractivity contribution < 1.29 is 23.8 Å². The van der Waals surface area contributed by atoms with Crippen LogP contribution >= 0.6 is 0 Å². The summed E-state index contributed by atoms with van der Waals surface area (Å²) < 4.78 is 15.4. The lowest BCUT2D eigenvalue weighted by molar-refractivity contribution is -0.130. The number of allylic oxidation sites excluding steroid dienone is 1. The highest BCUT2D eigenvalue weighted by Gasteiger charge is 2.25. The Morgan fingerprint density at radius 1 is 1.20 bits per heavy atom. The molecule has 0 spiro atoms. The van der Waals surface area contributed by atoms with E-state index < -0.39 is 6.09 Å². The Morgan fingerprint density at radius 3 is 2.30 bits per heavy atom. The molecule has 0 saturated carbocycles. The molecule has 20 heavy (non-hydrogen) atoms. The number of piperazine rings is 1. The number of rotatable bonds is 2. The maximum absolute atomic E-state index is 11.9. The van der Waals surface area contributed by atoms with E-state index in [1.54, 1.807) is 16.7 Å². The number of amides is 2. The van der Waals surface area contributed by atoms with Gasteiger partial charge in [-0.25, -0.2) is 4.79 Å². The van der Waals surface area contributed by atoms with Crippen LogP contribution in [0.2, 0.25) is 0 Å². The summed E-state index contributed by atoms with van der Waals surface area (Å²) in [5, 5.41) is 0. The van der Waals surface area contributed by atoms with Gasteiger partial charge in [0.1, 0.15) is 5.76 Å². The van der Waals surface area contributed by atoms with Gasteiger partial charge in [0.2, 0.25) is 5.91 Å². The molecule has 1 saturated heterocycles. The average molecular weight is 282 g/mol. The molecule has 0 N–H and O–H groups in total. The summed E-state index contributed by atoms with van der Waals surface area (Å²) in [5.74, 6) is 1.20. The van der Waals surface area contributed by atoms with Gasteiger partial charge in [-0.15, -0.1) is 0 Å². The number of carbonyl (C=O) groups is 2. The molecule has 0 unspecified atom stereocenters. The lowest BCUT2D eigenvalue weighted by atomic mass is 10.3. The topological polar surface area (TPSA) is 68.3 Å². The van der Waals surface area contributed by atoms with E-state index in [1.165, 1.54) is 6.92 Å². The molecule has 0 aromatic rings. The van der Waals surface area contributed by atoms with Gasteiger partial charge >= 0.3 is 6.09 Å². The molecule has 1 fully saturated rings. The van der Waals surface area contributed by atoms with E-state index in [9.17, 15) is 9.59 Å². The van der Waals surface area contributed by atoms with Crippen LogP contribution in [-0.4, -0.2) is 54.6 Å². The molecule has 2 amide bonds. The molecule has 0 aromatic heterocycles. The summed E-state index contributed by atoms with van der Waals surface area (Å²) in [6, 6.07) is 0. The third-order valence-electron chi connectivity index (χ3n) is 3.21. The maximum Gasteiger partial charge on any atom is 0.410 e. The Hall–Kier alpha value is -2.18. The molecule has 110 valence electrons.